The first-order valence-corrected chi connectivity index (χ1v) is 7.90. The zero-order chi connectivity index (χ0) is 17.3. The minimum atomic E-state index is -0.998. The molecule has 0 atom stereocenters. The Kier molecular flexibility index (Phi) is 4.17. The topological polar surface area (TPSA) is 54.4 Å². The monoisotopic (exact) mass is 318 g/mol. The maximum atomic E-state index is 13.1. The highest BCUT2D eigenvalue weighted by molar-refractivity contribution is 6.18. The van der Waals surface area contributed by atoms with Gasteiger partial charge in [0.2, 0.25) is 0 Å². The van der Waals surface area contributed by atoms with Crippen LogP contribution in [0.2, 0.25) is 0 Å². The molecule has 2 aliphatic rings. The van der Waals surface area contributed by atoms with Gasteiger partial charge < -0.3 is 5.11 Å². The molecule has 0 bridgehead atoms. The van der Waals surface area contributed by atoms with Crippen LogP contribution in [0.3, 0.4) is 0 Å². The SMILES string of the molecule is CC(C)c1c(C(=O)O)c2cccccc-2c1C(=O)c1ccccc1. The van der Waals surface area contributed by atoms with Crippen LogP contribution in [0.4, 0.5) is 0 Å². The molecule has 24 heavy (non-hydrogen) atoms. The summed E-state index contributed by atoms with van der Waals surface area (Å²) in [5.41, 5.74) is 3.20. The van der Waals surface area contributed by atoms with E-state index in [4.69, 9.17) is 0 Å². The van der Waals surface area contributed by atoms with Crippen molar-refractivity contribution in [3.8, 4) is 11.1 Å². The van der Waals surface area contributed by atoms with Crippen molar-refractivity contribution in [3.63, 3.8) is 0 Å². The van der Waals surface area contributed by atoms with Crippen molar-refractivity contribution in [1.29, 1.82) is 0 Å². The van der Waals surface area contributed by atoms with Gasteiger partial charge in [0.1, 0.15) is 0 Å². The molecule has 2 aliphatic carbocycles. The standard InChI is InChI=1S/C21H18O3/c1-13(2)17-18(20(22)14-9-5-3-6-10-14)15-11-7-4-8-12-16(15)19(17)21(23)24/h3-13H,1-2H3,(H,23,24). The molecule has 3 heteroatoms. The van der Waals surface area contributed by atoms with Gasteiger partial charge in [-0.3, -0.25) is 4.79 Å². The zero-order valence-corrected chi connectivity index (χ0v) is 13.6. The highest BCUT2D eigenvalue weighted by Crippen LogP contribution is 2.41. The number of rotatable bonds is 4. The second-order valence-electron chi connectivity index (χ2n) is 6.06. The first kappa shape index (κ1) is 15.9. The lowest BCUT2D eigenvalue weighted by molar-refractivity contribution is 0.0696. The number of ketones is 1. The van der Waals surface area contributed by atoms with Gasteiger partial charge in [0, 0.05) is 11.1 Å². The molecule has 0 amide bonds. The van der Waals surface area contributed by atoms with Crippen LogP contribution in [0.5, 0.6) is 0 Å². The fourth-order valence-electron chi connectivity index (χ4n) is 3.18. The molecule has 0 aliphatic heterocycles. The third-order valence-corrected chi connectivity index (χ3v) is 4.17. The Hall–Kier alpha value is -2.94. The fraction of sp³-hybridized carbons (Fsp3) is 0.143. The van der Waals surface area contributed by atoms with E-state index in [9.17, 15) is 14.7 Å². The summed E-state index contributed by atoms with van der Waals surface area (Å²) in [4.78, 5) is 25.0. The fourth-order valence-corrected chi connectivity index (χ4v) is 3.18. The Balaban J connectivity index is 2.38. The molecule has 0 saturated heterocycles. The number of benzene rings is 1. The number of carbonyl (C=O) groups is 2. The van der Waals surface area contributed by atoms with Gasteiger partial charge in [-0.25, -0.2) is 4.79 Å². The van der Waals surface area contributed by atoms with Gasteiger partial charge in [0.05, 0.1) is 5.56 Å². The summed E-state index contributed by atoms with van der Waals surface area (Å²) in [6, 6.07) is 18.1. The van der Waals surface area contributed by atoms with E-state index >= 15 is 0 Å². The Labute approximate surface area is 140 Å². The van der Waals surface area contributed by atoms with E-state index in [0.29, 0.717) is 27.8 Å². The quantitative estimate of drug-likeness (QED) is 0.700. The minimum Gasteiger partial charge on any atom is -0.478 e. The molecule has 1 N–H and O–H groups in total. The van der Waals surface area contributed by atoms with Crippen molar-refractivity contribution < 1.29 is 14.7 Å². The van der Waals surface area contributed by atoms with Gasteiger partial charge in [-0.15, -0.1) is 0 Å². The van der Waals surface area contributed by atoms with E-state index in [0.717, 1.165) is 0 Å². The molecule has 120 valence electrons. The Morgan fingerprint density at radius 3 is 1.79 bits per heavy atom. The van der Waals surface area contributed by atoms with Crippen LogP contribution in [-0.4, -0.2) is 16.9 Å². The van der Waals surface area contributed by atoms with Gasteiger partial charge in [0.25, 0.3) is 0 Å². The van der Waals surface area contributed by atoms with Crippen LogP contribution < -0.4 is 0 Å². The largest absolute Gasteiger partial charge is 0.478 e. The lowest BCUT2D eigenvalue weighted by atomic mass is 9.93. The number of carboxylic acids is 1. The first-order chi connectivity index (χ1) is 11.5. The van der Waals surface area contributed by atoms with Crippen LogP contribution in [0.1, 0.15) is 51.6 Å². The Bertz CT molecular complexity index is 879. The van der Waals surface area contributed by atoms with Crippen molar-refractivity contribution in [3.05, 3.63) is 82.9 Å². The predicted molar refractivity (Wildman–Crippen MR) is 94.0 cm³/mol. The number of carboxylic acid groups (broad SMARTS) is 1. The van der Waals surface area contributed by atoms with E-state index in [-0.39, 0.29) is 17.3 Å². The average molecular weight is 318 g/mol. The van der Waals surface area contributed by atoms with Crippen molar-refractivity contribution in [2.75, 3.05) is 0 Å². The molecule has 1 aromatic carbocycles. The first-order valence-electron chi connectivity index (χ1n) is 7.90. The molecule has 0 spiro atoms. The summed E-state index contributed by atoms with van der Waals surface area (Å²) in [7, 11) is 0. The number of aromatic carboxylic acids is 1. The van der Waals surface area contributed by atoms with Crippen molar-refractivity contribution in [2.24, 2.45) is 0 Å². The van der Waals surface area contributed by atoms with Crippen molar-refractivity contribution >= 4 is 11.8 Å². The van der Waals surface area contributed by atoms with Gasteiger partial charge in [-0.1, -0.05) is 74.5 Å². The Morgan fingerprint density at radius 1 is 0.792 bits per heavy atom. The smallest absolute Gasteiger partial charge is 0.336 e. The van der Waals surface area contributed by atoms with Crippen molar-refractivity contribution in [2.45, 2.75) is 19.8 Å². The summed E-state index contributed by atoms with van der Waals surface area (Å²) in [5.74, 6) is -1.21. The normalized spacial score (nSPS) is 11.0. The van der Waals surface area contributed by atoms with E-state index in [1.807, 2.05) is 50.2 Å². The maximum absolute atomic E-state index is 13.1. The predicted octanol–water partition coefficient (Wildman–Crippen LogP) is 4.84. The lowest BCUT2D eigenvalue weighted by Crippen LogP contribution is -2.07. The summed E-state index contributed by atoms with van der Waals surface area (Å²) >= 11 is 0. The Morgan fingerprint density at radius 2 is 1.29 bits per heavy atom. The lowest BCUT2D eigenvalue weighted by Gasteiger charge is -2.10. The molecule has 3 nitrogen and oxygen atoms in total. The highest BCUT2D eigenvalue weighted by atomic mass is 16.4. The third-order valence-electron chi connectivity index (χ3n) is 4.17. The highest BCUT2D eigenvalue weighted by Gasteiger charge is 2.31. The van der Waals surface area contributed by atoms with Crippen molar-refractivity contribution in [1.82, 2.24) is 0 Å². The molecule has 0 fully saturated rings. The summed E-state index contributed by atoms with van der Waals surface area (Å²) in [6.45, 7) is 3.84. The number of hydrogen-bond acceptors (Lipinski definition) is 2. The molecule has 0 saturated carbocycles. The van der Waals surface area contributed by atoms with Gasteiger partial charge >= 0.3 is 5.97 Å². The number of fused-ring (bicyclic) bond motifs is 1. The zero-order valence-electron chi connectivity index (χ0n) is 13.6. The van der Waals surface area contributed by atoms with E-state index in [2.05, 4.69) is 0 Å². The second-order valence-corrected chi connectivity index (χ2v) is 6.06. The molecule has 0 aromatic heterocycles. The molecule has 1 aromatic rings. The summed E-state index contributed by atoms with van der Waals surface area (Å²) < 4.78 is 0. The molecule has 0 unspecified atom stereocenters. The maximum Gasteiger partial charge on any atom is 0.336 e. The van der Waals surface area contributed by atoms with Gasteiger partial charge in [-0.2, -0.15) is 0 Å². The summed E-state index contributed by atoms with van der Waals surface area (Å²) in [5, 5.41) is 9.75. The molecular weight excluding hydrogens is 300 g/mol. The van der Waals surface area contributed by atoms with Gasteiger partial charge in [0.15, 0.2) is 5.78 Å². The van der Waals surface area contributed by atoms with Crippen LogP contribution in [-0.2, 0) is 0 Å². The average Bonchev–Trinajstić information content (AvgIpc) is 2.72. The van der Waals surface area contributed by atoms with Crippen LogP contribution in [0, 0.1) is 0 Å². The molecule has 0 heterocycles. The number of carbonyl (C=O) groups excluding carboxylic acids is 1. The van der Waals surface area contributed by atoms with E-state index in [1.165, 1.54) is 0 Å². The summed E-state index contributed by atoms with van der Waals surface area (Å²) in [6.07, 6.45) is 0. The third kappa shape index (κ3) is 2.58. The van der Waals surface area contributed by atoms with Crippen LogP contribution in [0.15, 0.2) is 60.7 Å². The van der Waals surface area contributed by atoms with Crippen LogP contribution in [0.25, 0.3) is 11.1 Å². The van der Waals surface area contributed by atoms with E-state index in [1.54, 1.807) is 24.3 Å². The minimum absolute atomic E-state index is 0.0727. The molecule has 3 rings (SSSR count). The second kappa shape index (κ2) is 6.28. The molecular formula is C21H18O3. The van der Waals surface area contributed by atoms with E-state index < -0.39 is 5.97 Å². The van der Waals surface area contributed by atoms with Crippen LogP contribution >= 0.6 is 0 Å². The molecule has 0 radical (unpaired) electrons. The van der Waals surface area contributed by atoms with Gasteiger partial charge in [-0.05, 0) is 22.6 Å². The number of hydrogen-bond donors (Lipinski definition) is 1.